The Labute approximate surface area is 171 Å². The number of aliphatic imine (C=N–C) groups is 1. The molecule has 0 rings (SSSR count). The van der Waals surface area contributed by atoms with Crippen LogP contribution in [0.3, 0.4) is 0 Å². The van der Waals surface area contributed by atoms with Crippen molar-refractivity contribution in [1.82, 2.24) is 10.6 Å². The largest absolute Gasteiger partial charge is 0.381 e. The zero-order valence-electron chi connectivity index (χ0n) is 16.5. The Hall–Kier alpha value is -0.120. The van der Waals surface area contributed by atoms with Gasteiger partial charge in [-0.2, -0.15) is 0 Å². The second kappa shape index (κ2) is 23.9. The number of guanidine groups is 1. The molecule has 2 N–H and O–H groups in total. The summed E-state index contributed by atoms with van der Waals surface area (Å²) in [5.74, 6) is 0.842. The van der Waals surface area contributed by atoms with Crippen LogP contribution in [0.4, 0.5) is 0 Å². The summed E-state index contributed by atoms with van der Waals surface area (Å²) in [4.78, 5) is 4.53. The Bertz CT molecular complexity index is 282. The summed E-state index contributed by atoms with van der Waals surface area (Å²) in [6.45, 7) is 13.2. The lowest BCUT2D eigenvalue weighted by Gasteiger charge is -2.11. The van der Waals surface area contributed by atoms with Crippen LogP contribution in [-0.2, 0) is 14.2 Å². The molecule has 0 fully saturated rings. The summed E-state index contributed by atoms with van der Waals surface area (Å²) in [5, 5.41) is 6.51. The van der Waals surface area contributed by atoms with E-state index in [9.17, 15) is 0 Å². The molecule has 0 bridgehead atoms. The van der Waals surface area contributed by atoms with Crippen molar-refractivity contribution in [1.29, 1.82) is 0 Å². The zero-order valence-corrected chi connectivity index (χ0v) is 18.8. The van der Waals surface area contributed by atoms with Crippen LogP contribution in [-0.4, -0.2) is 65.2 Å². The molecule has 6 nitrogen and oxygen atoms in total. The summed E-state index contributed by atoms with van der Waals surface area (Å²) in [6.07, 6.45) is 5.55. The Morgan fingerprint density at radius 1 is 0.720 bits per heavy atom. The zero-order chi connectivity index (χ0) is 17.7. The van der Waals surface area contributed by atoms with Crippen molar-refractivity contribution >= 4 is 29.9 Å². The number of nitrogens with zero attached hydrogens (tertiary/aromatic N) is 1. The smallest absolute Gasteiger partial charge is 0.191 e. The molecule has 0 unspecified atom stereocenters. The molecule has 0 aromatic carbocycles. The van der Waals surface area contributed by atoms with Crippen LogP contribution in [0.15, 0.2) is 4.99 Å². The molecule has 0 aromatic heterocycles. The molecule has 0 spiro atoms. The van der Waals surface area contributed by atoms with E-state index in [1.54, 1.807) is 0 Å². The average molecular weight is 473 g/mol. The van der Waals surface area contributed by atoms with Crippen LogP contribution in [0.25, 0.3) is 0 Å². The molecule has 0 aliphatic carbocycles. The van der Waals surface area contributed by atoms with Crippen LogP contribution < -0.4 is 10.6 Å². The molecule has 0 saturated heterocycles. The summed E-state index contributed by atoms with van der Waals surface area (Å²) in [6, 6.07) is 0. The van der Waals surface area contributed by atoms with E-state index in [1.165, 1.54) is 12.8 Å². The molecule has 0 atom stereocenters. The van der Waals surface area contributed by atoms with E-state index in [0.29, 0.717) is 19.8 Å². The second-order valence-electron chi connectivity index (χ2n) is 5.59. The molecular weight excluding hydrogens is 433 g/mol. The Morgan fingerprint density at radius 3 is 1.88 bits per heavy atom. The van der Waals surface area contributed by atoms with Gasteiger partial charge in [0, 0.05) is 39.5 Å². The van der Waals surface area contributed by atoms with Gasteiger partial charge in [-0.1, -0.05) is 26.7 Å². The molecule has 0 aromatic rings. The second-order valence-corrected chi connectivity index (χ2v) is 5.59. The van der Waals surface area contributed by atoms with Crippen LogP contribution >= 0.6 is 24.0 Å². The highest BCUT2D eigenvalue weighted by Gasteiger charge is 1.97. The topological polar surface area (TPSA) is 64.1 Å². The Balaban J connectivity index is 0. The van der Waals surface area contributed by atoms with E-state index >= 15 is 0 Å². The van der Waals surface area contributed by atoms with E-state index in [-0.39, 0.29) is 24.0 Å². The Kier molecular flexibility index (Phi) is 25.9. The summed E-state index contributed by atoms with van der Waals surface area (Å²) in [5.41, 5.74) is 0. The molecule has 152 valence electrons. The summed E-state index contributed by atoms with van der Waals surface area (Å²) < 4.78 is 16.5. The fourth-order valence-electron chi connectivity index (χ4n) is 1.86. The lowest BCUT2D eigenvalue weighted by molar-refractivity contribution is 0.0487. The van der Waals surface area contributed by atoms with Gasteiger partial charge >= 0.3 is 0 Å². The monoisotopic (exact) mass is 473 g/mol. The number of rotatable bonds is 17. The van der Waals surface area contributed by atoms with E-state index in [4.69, 9.17) is 14.2 Å². The minimum atomic E-state index is 0. The quantitative estimate of drug-likeness (QED) is 0.147. The van der Waals surface area contributed by atoms with Gasteiger partial charge in [0.25, 0.3) is 0 Å². The van der Waals surface area contributed by atoms with Gasteiger partial charge in [-0.25, -0.2) is 0 Å². The fourth-order valence-corrected chi connectivity index (χ4v) is 1.86. The third-order valence-corrected chi connectivity index (χ3v) is 3.26. The van der Waals surface area contributed by atoms with E-state index in [1.807, 2.05) is 0 Å². The molecular formula is C18H40IN3O3. The van der Waals surface area contributed by atoms with E-state index < -0.39 is 0 Å². The van der Waals surface area contributed by atoms with Gasteiger partial charge in [0.15, 0.2) is 5.96 Å². The first-order valence-corrected chi connectivity index (χ1v) is 9.60. The van der Waals surface area contributed by atoms with Crippen LogP contribution in [0.2, 0.25) is 0 Å². The van der Waals surface area contributed by atoms with Gasteiger partial charge in [0.1, 0.15) is 0 Å². The fraction of sp³-hybridized carbons (Fsp3) is 0.944. The number of nitrogens with one attached hydrogen (secondary N) is 2. The van der Waals surface area contributed by atoms with Crippen molar-refractivity contribution in [3.05, 3.63) is 0 Å². The molecule has 0 amide bonds. The number of hydrogen-bond donors (Lipinski definition) is 2. The lowest BCUT2D eigenvalue weighted by atomic mass is 10.4. The molecule has 0 aliphatic rings. The van der Waals surface area contributed by atoms with Crippen molar-refractivity contribution in [3.63, 3.8) is 0 Å². The molecule has 0 saturated carbocycles. The first-order valence-electron chi connectivity index (χ1n) is 9.60. The highest BCUT2D eigenvalue weighted by Crippen LogP contribution is 1.90. The van der Waals surface area contributed by atoms with Crippen LogP contribution in [0, 0.1) is 0 Å². The molecule has 25 heavy (non-hydrogen) atoms. The summed E-state index contributed by atoms with van der Waals surface area (Å²) in [7, 11) is 0. The molecule has 0 aliphatic heterocycles. The van der Waals surface area contributed by atoms with E-state index in [0.717, 1.165) is 64.7 Å². The minimum absolute atomic E-state index is 0. The van der Waals surface area contributed by atoms with E-state index in [2.05, 4.69) is 36.4 Å². The number of hydrogen-bond acceptors (Lipinski definition) is 4. The van der Waals surface area contributed by atoms with Crippen molar-refractivity contribution in [2.75, 3.05) is 59.3 Å². The third-order valence-electron chi connectivity index (χ3n) is 3.26. The highest BCUT2D eigenvalue weighted by molar-refractivity contribution is 14.0. The van der Waals surface area contributed by atoms with Crippen LogP contribution in [0.5, 0.6) is 0 Å². The minimum Gasteiger partial charge on any atom is -0.381 e. The van der Waals surface area contributed by atoms with Crippen molar-refractivity contribution < 1.29 is 14.2 Å². The van der Waals surface area contributed by atoms with Gasteiger partial charge in [-0.05, 0) is 26.2 Å². The van der Waals surface area contributed by atoms with Crippen LogP contribution in [0.1, 0.15) is 52.9 Å². The first kappa shape index (κ1) is 27.1. The Morgan fingerprint density at radius 2 is 1.28 bits per heavy atom. The van der Waals surface area contributed by atoms with Crippen molar-refractivity contribution in [2.45, 2.75) is 52.9 Å². The van der Waals surface area contributed by atoms with Crippen molar-refractivity contribution in [2.24, 2.45) is 4.99 Å². The molecule has 7 heteroatoms. The molecule has 0 radical (unpaired) electrons. The van der Waals surface area contributed by atoms with Gasteiger partial charge in [-0.3, -0.25) is 4.99 Å². The van der Waals surface area contributed by atoms with Gasteiger partial charge in [0.05, 0.1) is 19.8 Å². The number of halogens is 1. The predicted molar refractivity (Wildman–Crippen MR) is 116 cm³/mol. The first-order chi connectivity index (χ1) is 11.8. The maximum absolute atomic E-state index is 5.53. The molecule has 0 heterocycles. The SMILES string of the molecule is CCCCOCCCN=C(NCC)NCCOCCOCCCC.I. The predicted octanol–water partition coefficient (Wildman–Crippen LogP) is 3.20. The standard InChI is InChI=1S/C18H39N3O3.HI/c1-4-7-12-22-14-9-10-20-18(19-6-3)21-11-15-24-17-16-23-13-8-5-2;/h4-17H2,1-3H3,(H2,19,20,21);1H. The maximum atomic E-state index is 5.53. The number of ether oxygens (including phenoxy) is 3. The lowest BCUT2D eigenvalue weighted by Crippen LogP contribution is -2.39. The normalized spacial score (nSPS) is 11.2. The summed E-state index contributed by atoms with van der Waals surface area (Å²) >= 11 is 0. The third kappa shape index (κ3) is 21.8. The van der Waals surface area contributed by atoms with Gasteiger partial charge < -0.3 is 24.8 Å². The van der Waals surface area contributed by atoms with Gasteiger partial charge in [-0.15, -0.1) is 24.0 Å². The maximum Gasteiger partial charge on any atom is 0.191 e. The highest BCUT2D eigenvalue weighted by atomic mass is 127. The number of unbranched alkanes of at least 4 members (excludes halogenated alkanes) is 2. The van der Waals surface area contributed by atoms with Crippen molar-refractivity contribution in [3.8, 4) is 0 Å². The average Bonchev–Trinajstić information content (AvgIpc) is 2.59. The van der Waals surface area contributed by atoms with Gasteiger partial charge in [0.2, 0.25) is 0 Å².